The lowest BCUT2D eigenvalue weighted by atomic mass is 9.81. The number of rotatable bonds is 6. The van der Waals surface area contributed by atoms with E-state index in [4.69, 9.17) is 15.1 Å². The Morgan fingerprint density at radius 2 is 1.90 bits per heavy atom. The van der Waals surface area contributed by atoms with Crippen molar-refractivity contribution in [2.45, 2.75) is 20.0 Å². The van der Waals surface area contributed by atoms with E-state index < -0.39 is 23.6 Å². The summed E-state index contributed by atoms with van der Waals surface area (Å²) in [6.07, 6.45) is 0.634. The zero-order valence-electron chi connectivity index (χ0n) is 15.7. The lowest BCUT2D eigenvalue weighted by Crippen LogP contribution is -2.28. The Hall–Kier alpha value is -3.06. The molecule has 2 rings (SSSR count). The summed E-state index contributed by atoms with van der Waals surface area (Å²) in [5, 5.41) is 30.7. The van der Waals surface area contributed by atoms with Crippen molar-refractivity contribution in [1.82, 2.24) is 0 Å². The lowest BCUT2D eigenvalue weighted by Gasteiger charge is -2.32. The van der Waals surface area contributed by atoms with Crippen LogP contribution in [-0.2, 0) is 9.53 Å². The molecule has 2 aromatic carbocycles. The van der Waals surface area contributed by atoms with Crippen molar-refractivity contribution in [3.8, 4) is 11.8 Å². The number of aromatic hydroxyl groups is 1. The summed E-state index contributed by atoms with van der Waals surface area (Å²) in [7, 11) is 0. The number of nitrogens with zero attached hydrogens (tertiary/aromatic N) is 1. The highest BCUT2D eigenvalue weighted by Gasteiger charge is 2.34. The summed E-state index contributed by atoms with van der Waals surface area (Å²) >= 11 is 2.07. The van der Waals surface area contributed by atoms with Crippen LogP contribution in [0, 0.1) is 20.3 Å². The maximum Gasteiger partial charge on any atom is 0.412 e. The van der Waals surface area contributed by atoms with E-state index in [1.165, 1.54) is 12.1 Å². The van der Waals surface area contributed by atoms with Crippen LogP contribution in [0.3, 0.4) is 0 Å². The van der Waals surface area contributed by atoms with Gasteiger partial charge in [-0.2, -0.15) is 5.26 Å². The van der Waals surface area contributed by atoms with Crippen LogP contribution in [0.25, 0.3) is 0 Å². The molecule has 2 aromatic rings. The van der Waals surface area contributed by atoms with Gasteiger partial charge in [0.1, 0.15) is 11.9 Å². The summed E-state index contributed by atoms with van der Waals surface area (Å²) in [5.41, 5.74) is 0.290. The fourth-order valence-electron chi connectivity index (χ4n) is 2.61. The predicted octanol–water partition coefficient (Wildman–Crippen LogP) is 4.83. The number of anilines is 1. The minimum atomic E-state index is -1.13. The van der Waals surface area contributed by atoms with Gasteiger partial charge in [0.05, 0.1) is 11.6 Å². The molecule has 8 heteroatoms. The zero-order valence-corrected chi connectivity index (χ0v) is 17.9. The molecule has 29 heavy (non-hydrogen) atoms. The van der Waals surface area contributed by atoms with Gasteiger partial charge >= 0.3 is 12.1 Å². The Morgan fingerprint density at radius 3 is 2.48 bits per heavy atom. The average Bonchev–Trinajstić information content (AvgIpc) is 2.67. The van der Waals surface area contributed by atoms with Crippen molar-refractivity contribution in [3.05, 3.63) is 69.3 Å². The quantitative estimate of drug-likeness (QED) is 0.382. The lowest BCUT2D eigenvalue weighted by molar-refractivity contribution is -0.131. The Balaban J connectivity index is 2.33. The molecule has 0 bridgehead atoms. The van der Waals surface area contributed by atoms with Gasteiger partial charge in [-0.15, -0.1) is 0 Å². The van der Waals surface area contributed by atoms with Crippen LogP contribution < -0.4 is 5.32 Å². The number of hydrogen-bond donors (Lipinski definition) is 3. The smallest absolute Gasteiger partial charge is 0.412 e. The molecule has 0 aliphatic rings. The number of aliphatic carboxylic acids is 1. The van der Waals surface area contributed by atoms with E-state index >= 15 is 0 Å². The van der Waals surface area contributed by atoms with E-state index in [2.05, 4.69) is 27.9 Å². The molecular formula is C21H19IN2O5. The number of carboxylic acid groups (broad SMARTS) is 1. The van der Waals surface area contributed by atoms with Crippen molar-refractivity contribution >= 4 is 40.3 Å². The van der Waals surface area contributed by atoms with Gasteiger partial charge in [-0.25, -0.2) is 9.59 Å². The van der Waals surface area contributed by atoms with E-state index in [0.717, 1.165) is 9.65 Å². The van der Waals surface area contributed by atoms with Gasteiger partial charge in [0, 0.05) is 26.3 Å². The minimum absolute atomic E-state index is 0.0709. The first kappa shape index (κ1) is 22.2. The number of carbonyl (C=O) groups is 2. The van der Waals surface area contributed by atoms with Gasteiger partial charge in [-0.1, -0.05) is 19.9 Å². The number of amides is 1. The minimum Gasteiger partial charge on any atom is -0.508 e. The zero-order chi connectivity index (χ0) is 21.6. The Kier molecular flexibility index (Phi) is 7.23. The molecule has 0 unspecified atom stereocenters. The third kappa shape index (κ3) is 6.22. The molecule has 7 nitrogen and oxygen atoms in total. The van der Waals surface area contributed by atoms with E-state index in [-0.39, 0.29) is 5.75 Å². The first-order valence-corrected chi connectivity index (χ1v) is 9.58. The van der Waals surface area contributed by atoms with E-state index in [1.54, 1.807) is 50.2 Å². The molecule has 0 aliphatic carbocycles. The summed E-state index contributed by atoms with van der Waals surface area (Å²) in [4.78, 5) is 23.5. The van der Waals surface area contributed by atoms with E-state index in [0.29, 0.717) is 16.8 Å². The molecule has 0 saturated carbocycles. The van der Waals surface area contributed by atoms with Crippen LogP contribution in [-0.4, -0.2) is 22.3 Å². The standard InChI is InChI=1S/C21H19IN2O5/c1-21(2,10-9-18(26)27)19(16-11-14(22)5-8-17(16)25)29-20(28)24-15-6-3-13(12-23)4-7-15/h3-11,19,25H,1-2H3,(H,24,28)(H,26,27)/b10-9+/t19-/m0/s1. The molecule has 0 fully saturated rings. The van der Waals surface area contributed by atoms with Crippen LogP contribution in [0.15, 0.2) is 54.6 Å². The second-order valence-corrected chi connectivity index (χ2v) is 8.04. The predicted molar refractivity (Wildman–Crippen MR) is 115 cm³/mol. The van der Waals surface area contributed by atoms with E-state index in [1.807, 2.05) is 6.07 Å². The number of hydrogen-bond acceptors (Lipinski definition) is 5. The monoisotopic (exact) mass is 506 g/mol. The Morgan fingerprint density at radius 1 is 1.24 bits per heavy atom. The molecule has 0 radical (unpaired) electrons. The van der Waals surface area contributed by atoms with Crippen LogP contribution >= 0.6 is 22.6 Å². The van der Waals surface area contributed by atoms with Crippen LogP contribution in [0.4, 0.5) is 10.5 Å². The number of carbonyl (C=O) groups excluding carboxylic acids is 1. The summed E-state index contributed by atoms with van der Waals surface area (Å²) in [5.74, 6) is -1.20. The Labute approximate surface area is 181 Å². The van der Waals surface area contributed by atoms with Crippen molar-refractivity contribution < 1.29 is 24.5 Å². The number of nitriles is 1. The number of ether oxygens (including phenoxy) is 1. The molecule has 0 aliphatic heterocycles. The number of benzene rings is 2. The van der Waals surface area contributed by atoms with Gasteiger partial charge in [-0.05, 0) is 65.1 Å². The van der Waals surface area contributed by atoms with Gasteiger partial charge < -0.3 is 14.9 Å². The first-order chi connectivity index (χ1) is 13.6. The van der Waals surface area contributed by atoms with Crippen molar-refractivity contribution in [2.75, 3.05) is 5.32 Å². The van der Waals surface area contributed by atoms with Gasteiger partial charge in [0.25, 0.3) is 0 Å². The highest BCUT2D eigenvalue weighted by Crippen LogP contribution is 2.42. The molecule has 150 valence electrons. The highest BCUT2D eigenvalue weighted by atomic mass is 127. The molecule has 0 heterocycles. The topological polar surface area (TPSA) is 120 Å². The number of nitrogens with one attached hydrogen (secondary N) is 1. The summed E-state index contributed by atoms with van der Waals surface area (Å²) in [6.45, 7) is 3.40. The van der Waals surface area contributed by atoms with Crippen LogP contribution in [0.1, 0.15) is 31.1 Å². The second-order valence-electron chi connectivity index (χ2n) is 6.80. The SMILES string of the molecule is CC(C)(/C=C/C(=O)O)[C@@H](OC(=O)Nc1ccc(C#N)cc1)c1cc(I)ccc1O. The Bertz CT molecular complexity index is 978. The number of phenols is 1. The fraction of sp³-hybridized carbons (Fsp3) is 0.190. The van der Waals surface area contributed by atoms with Gasteiger partial charge in [0.2, 0.25) is 0 Å². The number of carboxylic acids is 1. The highest BCUT2D eigenvalue weighted by molar-refractivity contribution is 14.1. The maximum atomic E-state index is 12.5. The number of phenolic OH excluding ortho intramolecular Hbond substituents is 1. The fourth-order valence-corrected chi connectivity index (χ4v) is 3.12. The van der Waals surface area contributed by atoms with Crippen molar-refractivity contribution in [3.63, 3.8) is 0 Å². The normalized spacial score (nSPS) is 12.2. The first-order valence-electron chi connectivity index (χ1n) is 8.51. The summed E-state index contributed by atoms with van der Waals surface area (Å²) in [6, 6.07) is 13.1. The molecule has 0 saturated heterocycles. The maximum absolute atomic E-state index is 12.5. The molecule has 0 spiro atoms. The van der Waals surface area contributed by atoms with Crippen LogP contribution in [0.2, 0.25) is 0 Å². The average molecular weight is 506 g/mol. The molecule has 1 atom stereocenters. The summed E-state index contributed by atoms with van der Waals surface area (Å²) < 4.78 is 6.42. The van der Waals surface area contributed by atoms with E-state index in [9.17, 15) is 14.7 Å². The number of halogens is 1. The van der Waals surface area contributed by atoms with Crippen molar-refractivity contribution in [2.24, 2.45) is 5.41 Å². The molecule has 3 N–H and O–H groups in total. The molecule has 0 aromatic heterocycles. The third-order valence-electron chi connectivity index (χ3n) is 4.09. The van der Waals surface area contributed by atoms with Crippen LogP contribution in [0.5, 0.6) is 5.75 Å². The molecular weight excluding hydrogens is 487 g/mol. The van der Waals surface area contributed by atoms with Crippen molar-refractivity contribution in [1.29, 1.82) is 5.26 Å². The third-order valence-corrected chi connectivity index (χ3v) is 4.76. The largest absolute Gasteiger partial charge is 0.508 e. The molecule has 1 amide bonds. The van der Waals surface area contributed by atoms with Gasteiger partial charge in [0.15, 0.2) is 0 Å². The van der Waals surface area contributed by atoms with Gasteiger partial charge in [-0.3, -0.25) is 5.32 Å². The second kappa shape index (κ2) is 9.43.